The van der Waals surface area contributed by atoms with Crippen molar-refractivity contribution in [1.29, 1.82) is 0 Å². The monoisotopic (exact) mass is 358 g/mol. The van der Waals surface area contributed by atoms with E-state index < -0.39 is 10.0 Å². The Bertz CT molecular complexity index is 889. The maximum absolute atomic E-state index is 12.5. The molecule has 0 aliphatic heterocycles. The molecule has 1 aliphatic rings. The van der Waals surface area contributed by atoms with Gasteiger partial charge in [0.05, 0.1) is 11.4 Å². The van der Waals surface area contributed by atoms with Crippen molar-refractivity contribution >= 4 is 21.6 Å². The number of anilines is 1. The molecule has 2 aromatic carbocycles. The van der Waals surface area contributed by atoms with Crippen molar-refractivity contribution in [3.63, 3.8) is 0 Å². The predicted octanol–water partition coefficient (Wildman–Crippen LogP) is 2.74. The average Bonchev–Trinajstić information content (AvgIpc) is 3.02. The second kappa shape index (κ2) is 6.98. The quantitative estimate of drug-likeness (QED) is 0.894. The molecule has 1 aliphatic carbocycles. The van der Waals surface area contributed by atoms with Gasteiger partial charge in [0.15, 0.2) is 0 Å². The number of carbonyl (C=O) groups is 1. The van der Waals surface area contributed by atoms with Gasteiger partial charge < -0.3 is 5.32 Å². The highest BCUT2D eigenvalue weighted by Gasteiger charge is 2.23. The molecule has 1 N–H and O–H groups in total. The van der Waals surface area contributed by atoms with E-state index in [1.807, 2.05) is 25.1 Å². The molecular weight excluding hydrogens is 336 g/mol. The topological polar surface area (TPSA) is 66.5 Å². The minimum Gasteiger partial charge on any atom is -0.325 e. The average molecular weight is 358 g/mol. The van der Waals surface area contributed by atoms with Crippen LogP contribution in [-0.2, 0) is 27.7 Å². The second-order valence-corrected chi connectivity index (χ2v) is 8.50. The number of hydrogen-bond donors (Lipinski definition) is 1. The highest BCUT2D eigenvalue weighted by molar-refractivity contribution is 7.89. The van der Waals surface area contributed by atoms with Gasteiger partial charge in [-0.25, -0.2) is 8.42 Å². The van der Waals surface area contributed by atoms with Gasteiger partial charge in [-0.3, -0.25) is 4.79 Å². The molecule has 132 valence electrons. The van der Waals surface area contributed by atoms with Crippen molar-refractivity contribution in [1.82, 2.24) is 4.31 Å². The molecule has 25 heavy (non-hydrogen) atoms. The van der Waals surface area contributed by atoms with E-state index in [1.54, 1.807) is 24.3 Å². The van der Waals surface area contributed by atoms with Crippen LogP contribution in [0.1, 0.15) is 23.1 Å². The summed E-state index contributed by atoms with van der Waals surface area (Å²) in [5, 5.41) is 2.79. The number of fused-ring (bicyclic) bond motifs is 1. The number of carbonyl (C=O) groups excluding carboxylic acids is 1. The van der Waals surface area contributed by atoms with Crippen LogP contribution in [0, 0.1) is 6.92 Å². The summed E-state index contributed by atoms with van der Waals surface area (Å²) in [5.41, 5.74) is 4.29. The lowest BCUT2D eigenvalue weighted by Crippen LogP contribution is -2.35. The summed E-state index contributed by atoms with van der Waals surface area (Å²) in [4.78, 5) is 12.4. The fraction of sp³-hybridized carbons (Fsp3) is 0.316. The molecule has 0 spiro atoms. The Hall–Kier alpha value is -2.18. The molecule has 6 heteroatoms. The summed E-state index contributed by atoms with van der Waals surface area (Å²) in [7, 11) is -2.27. The van der Waals surface area contributed by atoms with Gasteiger partial charge in [-0.15, -0.1) is 0 Å². The molecule has 0 saturated heterocycles. The van der Waals surface area contributed by atoms with Crippen molar-refractivity contribution < 1.29 is 13.2 Å². The first-order valence-corrected chi connectivity index (χ1v) is 9.75. The number of rotatable bonds is 5. The van der Waals surface area contributed by atoms with Crippen LogP contribution < -0.4 is 5.32 Å². The number of likely N-dealkylation sites (N-methyl/N-ethyl adjacent to an activating group) is 1. The molecule has 0 bridgehead atoms. The number of sulfonamides is 1. The molecule has 0 unspecified atom stereocenters. The second-order valence-electron chi connectivity index (χ2n) is 6.46. The van der Waals surface area contributed by atoms with Gasteiger partial charge in [-0.05, 0) is 61.6 Å². The van der Waals surface area contributed by atoms with Gasteiger partial charge >= 0.3 is 0 Å². The Kier molecular flexibility index (Phi) is 4.92. The molecule has 0 fully saturated rings. The molecule has 0 aromatic heterocycles. The fourth-order valence-corrected chi connectivity index (χ4v) is 4.15. The van der Waals surface area contributed by atoms with E-state index in [9.17, 15) is 13.2 Å². The van der Waals surface area contributed by atoms with Gasteiger partial charge in [0.2, 0.25) is 15.9 Å². The number of nitrogens with zero attached hydrogens (tertiary/aromatic N) is 1. The van der Waals surface area contributed by atoms with Crippen LogP contribution in [0.25, 0.3) is 0 Å². The zero-order chi connectivity index (χ0) is 18.0. The summed E-state index contributed by atoms with van der Waals surface area (Å²) in [6, 6.07) is 12.5. The van der Waals surface area contributed by atoms with Gasteiger partial charge in [-0.2, -0.15) is 4.31 Å². The number of aryl methyl sites for hydroxylation is 3. The highest BCUT2D eigenvalue weighted by Crippen LogP contribution is 2.25. The first-order chi connectivity index (χ1) is 11.9. The molecule has 1 amide bonds. The summed E-state index contributed by atoms with van der Waals surface area (Å²) in [5.74, 6) is -0.351. The highest BCUT2D eigenvalue weighted by atomic mass is 32.2. The summed E-state index contributed by atoms with van der Waals surface area (Å²) in [6.45, 7) is 1.66. The predicted molar refractivity (Wildman–Crippen MR) is 98.1 cm³/mol. The van der Waals surface area contributed by atoms with Gasteiger partial charge in [0, 0.05) is 12.7 Å². The van der Waals surface area contributed by atoms with Crippen molar-refractivity contribution in [2.45, 2.75) is 31.1 Å². The smallest absolute Gasteiger partial charge is 0.243 e. The number of nitrogens with one attached hydrogen (secondary N) is 1. The van der Waals surface area contributed by atoms with E-state index >= 15 is 0 Å². The minimum absolute atomic E-state index is 0.186. The number of benzene rings is 2. The maximum atomic E-state index is 12.5. The van der Waals surface area contributed by atoms with Crippen LogP contribution in [0.4, 0.5) is 5.69 Å². The third-order valence-electron chi connectivity index (χ3n) is 4.48. The van der Waals surface area contributed by atoms with Crippen LogP contribution >= 0.6 is 0 Å². The normalized spacial score (nSPS) is 13.7. The van der Waals surface area contributed by atoms with Crippen molar-refractivity contribution in [2.75, 3.05) is 18.9 Å². The Labute approximate surface area is 148 Å². The molecule has 3 rings (SSSR count). The molecule has 0 atom stereocenters. The first-order valence-electron chi connectivity index (χ1n) is 8.31. The van der Waals surface area contributed by atoms with Crippen molar-refractivity contribution in [3.05, 3.63) is 59.2 Å². The molecule has 5 nitrogen and oxygen atoms in total. The maximum Gasteiger partial charge on any atom is 0.243 e. The van der Waals surface area contributed by atoms with E-state index in [4.69, 9.17) is 0 Å². The molecular formula is C19H22N2O3S. The van der Waals surface area contributed by atoms with E-state index in [0.29, 0.717) is 5.69 Å². The Morgan fingerprint density at radius 1 is 1.08 bits per heavy atom. The Balaban J connectivity index is 1.66. The summed E-state index contributed by atoms with van der Waals surface area (Å²) in [6.07, 6.45) is 3.26. The molecule has 0 radical (unpaired) electrons. The standard InChI is InChI=1S/C19H22N2O3S/c1-14-6-10-18(11-7-14)25(23,24)21(2)13-19(22)20-17-9-8-15-4-3-5-16(15)12-17/h6-12H,3-5,13H2,1-2H3,(H,20,22). The van der Waals surface area contributed by atoms with Crippen LogP contribution in [0.5, 0.6) is 0 Å². The van der Waals surface area contributed by atoms with Crippen molar-refractivity contribution in [3.8, 4) is 0 Å². The van der Waals surface area contributed by atoms with E-state index in [1.165, 1.54) is 18.2 Å². The van der Waals surface area contributed by atoms with Gasteiger partial charge in [0.25, 0.3) is 0 Å². The zero-order valence-electron chi connectivity index (χ0n) is 14.5. The van der Waals surface area contributed by atoms with E-state index in [-0.39, 0.29) is 17.3 Å². The van der Waals surface area contributed by atoms with Gasteiger partial charge in [0.1, 0.15) is 0 Å². The zero-order valence-corrected chi connectivity index (χ0v) is 15.3. The van der Waals surface area contributed by atoms with E-state index in [2.05, 4.69) is 5.32 Å². The van der Waals surface area contributed by atoms with Crippen molar-refractivity contribution in [2.24, 2.45) is 0 Å². The Morgan fingerprint density at radius 3 is 2.48 bits per heavy atom. The SMILES string of the molecule is Cc1ccc(S(=O)(=O)N(C)CC(=O)Nc2ccc3c(c2)CCC3)cc1. The third kappa shape index (κ3) is 3.91. The third-order valence-corrected chi connectivity index (χ3v) is 6.30. The molecule has 0 saturated carbocycles. The number of amides is 1. The van der Waals surface area contributed by atoms with Crippen LogP contribution in [-0.4, -0.2) is 32.2 Å². The van der Waals surface area contributed by atoms with Crippen LogP contribution in [0.2, 0.25) is 0 Å². The summed E-state index contributed by atoms with van der Waals surface area (Å²) < 4.78 is 26.1. The lowest BCUT2D eigenvalue weighted by atomic mass is 10.1. The lowest BCUT2D eigenvalue weighted by Gasteiger charge is -2.17. The largest absolute Gasteiger partial charge is 0.325 e. The minimum atomic E-state index is -3.68. The summed E-state index contributed by atoms with van der Waals surface area (Å²) >= 11 is 0. The van der Waals surface area contributed by atoms with E-state index in [0.717, 1.165) is 29.1 Å². The fourth-order valence-electron chi connectivity index (χ4n) is 3.03. The lowest BCUT2D eigenvalue weighted by molar-refractivity contribution is -0.116. The first kappa shape index (κ1) is 17.6. The van der Waals surface area contributed by atoms with Crippen LogP contribution in [0.15, 0.2) is 47.4 Å². The van der Waals surface area contributed by atoms with Crippen LogP contribution in [0.3, 0.4) is 0 Å². The Morgan fingerprint density at radius 2 is 1.76 bits per heavy atom. The molecule has 2 aromatic rings. The van der Waals surface area contributed by atoms with Gasteiger partial charge in [-0.1, -0.05) is 23.8 Å². The molecule has 0 heterocycles. The number of hydrogen-bond acceptors (Lipinski definition) is 3.